The molecule has 0 amide bonds. The molecule has 2 fully saturated rings. The lowest BCUT2D eigenvalue weighted by Crippen LogP contribution is -2.46. The molecule has 1 aliphatic carbocycles. The summed E-state index contributed by atoms with van der Waals surface area (Å²) >= 11 is 0. The summed E-state index contributed by atoms with van der Waals surface area (Å²) in [5.74, 6) is 0.942. The third-order valence-corrected chi connectivity index (χ3v) is 4.97. The molecule has 1 N–H and O–H groups in total. The smallest absolute Gasteiger partial charge is 0.00949 e. The zero-order chi connectivity index (χ0) is 12.3. The van der Waals surface area contributed by atoms with Crippen LogP contribution in [0.1, 0.15) is 52.4 Å². The molecule has 1 aliphatic heterocycles. The molecule has 2 heteroatoms. The summed E-state index contributed by atoms with van der Waals surface area (Å²) in [7, 11) is 2.36. The van der Waals surface area contributed by atoms with Gasteiger partial charge in [-0.05, 0) is 57.2 Å². The summed E-state index contributed by atoms with van der Waals surface area (Å²) in [6.45, 7) is 8.63. The van der Waals surface area contributed by atoms with Crippen LogP contribution in [0, 0.1) is 11.3 Å². The van der Waals surface area contributed by atoms with Gasteiger partial charge < -0.3 is 10.2 Å². The summed E-state index contributed by atoms with van der Waals surface area (Å²) in [5.41, 5.74) is 0.556. The maximum absolute atomic E-state index is 3.48. The largest absolute Gasteiger partial charge is 0.317 e. The molecule has 100 valence electrons. The Morgan fingerprint density at radius 3 is 2.59 bits per heavy atom. The van der Waals surface area contributed by atoms with E-state index in [4.69, 9.17) is 0 Å². The first-order valence-electron chi connectivity index (χ1n) is 7.50. The van der Waals surface area contributed by atoms with Crippen LogP contribution in [0.3, 0.4) is 0 Å². The van der Waals surface area contributed by atoms with Crippen LogP contribution in [0.25, 0.3) is 0 Å². The second-order valence-corrected chi connectivity index (χ2v) is 6.90. The van der Waals surface area contributed by atoms with Gasteiger partial charge in [0.1, 0.15) is 0 Å². The summed E-state index contributed by atoms with van der Waals surface area (Å²) in [6.07, 6.45) is 8.43. The highest BCUT2D eigenvalue weighted by molar-refractivity contribution is 4.86. The minimum Gasteiger partial charge on any atom is -0.317 e. The molecule has 2 aliphatic rings. The first-order valence-corrected chi connectivity index (χ1v) is 7.50. The molecule has 2 unspecified atom stereocenters. The lowest BCUT2D eigenvalue weighted by atomic mass is 9.79. The van der Waals surface area contributed by atoms with Crippen molar-refractivity contribution in [3.8, 4) is 0 Å². The van der Waals surface area contributed by atoms with E-state index >= 15 is 0 Å². The van der Waals surface area contributed by atoms with Crippen LogP contribution >= 0.6 is 0 Å². The summed E-state index contributed by atoms with van der Waals surface area (Å²) in [6, 6.07) is 0.852. The topological polar surface area (TPSA) is 15.3 Å². The molecule has 0 spiro atoms. The van der Waals surface area contributed by atoms with Crippen molar-refractivity contribution >= 4 is 0 Å². The van der Waals surface area contributed by atoms with Crippen LogP contribution in [0.2, 0.25) is 0 Å². The number of nitrogens with one attached hydrogen (secondary N) is 1. The van der Waals surface area contributed by atoms with E-state index in [2.05, 4.69) is 31.1 Å². The van der Waals surface area contributed by atoms with Gasteiger partial charge in [0.2, 0.25) is 0 Å². The number of hydrogen-bond acceptors (Lipinski definition) is 2. The Bertz CT molecular complexity index is 233. The zero-order valence-electron chi connectivity index (χ0n) is 12.0. The molecule has 2 rings (SSSR count). The van der Waals surface area contributed by atoms with Crippen LogP contribution < -0.4 is 5.32 Å². The maximum Gasteiger partial charge on any atom is 0.00949 e. The SMILES string of the molecule is CC1CCCC(N(C)CC2(C)CCNCC2)C1. The zero-order valence-corrected chi connectivity index (χ0v) is 12.0. The molecule has 1 heterocycles. The normalized spacial score (nSPS) is 33.9. The first kappa shape index (κ1) is 13.4. The molecule has 0 bridgehead atoms. The van der Waals surface area contributed by atoms with Crippen molar-refractivity contribution < 1.29 is 0 Å². The van der Waals surface area contributed by atoms with Gasteiger partial charge in [-0.1, -0.05) is 26.7 Å². The minimum absolute atomic E-state index is 0.556. The number of hydrogen-bond donors (Lipinski definition) is 1. The molecule has 0 aromatic carbocycles. The van der Waals surface area contributed by atoms with Crippen LogP contribution in [0.5, 0.6) is 0 Å². The van der Waals surface area contributed by atoms with E-state index in [1.807, 2.05) is 0 Å². The fourth-order valence-electron chi connectivity index (χ4n) is 3.72. The van der Waals surface area contributed by atoms with E-state index in [0.29, 0.717) is 5.41 Å². The van der Waals surface area contributed by atoms with Crippen molar-refractivity contribution in [1.82, 2.24) is 10.2 Å². The summed E-state index contributed by atoms with van der Waals surface area (Å²) in [4.78, 5) is 2.67. The molecule has 2 atom stereocenters. The predicted octanol–water partition coefficient (Wildman–Crippen LogP) is 2.89. The quantitative estimate of drug-likeness (QED) is 0.813. The molecule has 0 aromatic rings. The molecule has 1 saturated heterocycles. The Morgan fingerprint density at radius 1 is 1.24 bits per heavy atom. The number of nitrogens with zero attached hydrogens (tertiary/aromatic N) is 1. The van der Waals surface area contributed by atoms with Gasteiger partial charge in [-0.3, -0.25) is 0 Å². The molecular weight excluding hydrogens is 208 g/mol. The van der Waals surface area contributed by atoms with Gasteiger partial charge in [-0.25, -0.2) is 0 Å². The molecule has 0 aromatic heterocycles. The Balaban J connectivity index is 1.84. The van der Waals surface area contributed by atoms with Crippen LogP contribution in [-0.2, 0) is 0 Å². The van der Waals surface area contributed by atoms with Crippen LogP contribution in [0.4, 0.5) is 0 Å². The molecule has 17 heavy (non-hydrogen) atoms. The predicted molar refractivity (Wildman–Crippen MR) is 74.3 cm³/mol. The lowest BCUT2D eigenvalue weighted by molar-refractivity contribution is 0.0888. The summed E-state index contributed by atoms with van der Waals surface area (Å²) in [5, 5.41) is 3.48. The number of rotatable bonds is 3. The van der Waals surface area contributed by atoms with Gasteiger partial charge in [-0.15, -0.1) is 0 Å². The number of piperidine rings is 1. The Morgan fingerprint density at radius 2 is 1.94 bits per heavy atom. The van der Waals surface area contributed by atoms with Crippen molar-refractivity contribution in [2.45, 2.75) is 58.4 Å². The summed E-state index contributed by atoms with van der Waals surface area (Å²) < 4.78 is 0. The Labute approximate surface area is 107 Å². The van der Waals surface area contributed by atoms with E-state index in [0.717, 1.165) is 12.0 Å². The molecule has 2 nitrogen and oxygen atoms in total. The maximum atomic E-state index is 3.48. The minimum atomic E-state index is 0.556. The van der Waals surface area contributed by atoms with Gasteiger partial charge in [0, 0.05) is 12.6 Å². The second-order valence-electron chi connectivity index (χ2n) is 6.90. The van der Waals surface area contributed by atoms with Crippen molar-refractivity contribution in [3.63, 3.8) is 0 Å². The van der Waals surface area contributed by atoms with Gasteiger partial charge >= 0.3 is 0 Å². The van der Waals surface area contributed by atoms with Crippen LogP contribution in [-0.4, -0.2) is 37.6 Å². The third-order valence-electron chi connectivity index (χ3n) is 4.97. The van der Waals surface area contributed by atoms with Gasteiger partial charge in [0.25, 0.3) is 0 Å². The van der Waals surface area contributed by atoms with E-state index in [9.17, 15) is 0 Å². The van der Waals surface area contributed by atoms with Crippen molar-refractivity contribution in [2.24, 2.45) is 11.3 Å². The third kappa shape index (κ3) is 3.69. The van der Waals surface area contributed by atoms with Crippen molar-refractivity contribution in [1.29, 1.82) is 0 Å². The monoisotopic (exact) mass is 238 g/mol. The van der Waals surface area contributed by atoms with Crippen LogP contribution in [0.15, 0.2) is 0 Å². The van der Waals surface area contributed by atoms with Crippen molar-refractivity contribution in [2.75, 3.05) is 26.7 Å². The average molecular weight is 238 g/mol. The Hall–Kier alpha value is -0.0800. The highest BCUT2D eigenvalue weighted by Crippen LogP contribution is 2.32. The van der Waals surface area contributed by atoms with Gasteiger partial charge in [0.15, 0.2) is 0 Å². The lowest BCUT2D eigenvalue weighted by Gasteiger charge is -2.42. The van der Waals surface area contributed by atoms with Crippen molar-refractivity contribution in [3.05, 3.63) is 0 Å². The fourth-order valence-corrected chi connectivity index (χ4v) is 3.72. The standard InChI is InChI=1S/C15H30N2/c1-13-5-4-6-14(11-13)17(3)12-15(2)7-9-16-10-8-15/h13-14,16H,4-12H2,1-3H3. The van der Waals surface area contributed by atoms with E-state index in [1.54, 1.807) is 0 Å². The van der Waals surface area contributed by atoms with E-state index in [-0.39, 0.29) is 0 Å². The molecule has 0 radical (unpaired) electrons. The average Bonchev–Trinajstić information content (AvgIpc) is 2.29. The second kappa shape index (κ2) is 5.71. The highest BCUT2D eigenvalue weighted by atomic mass is 15.1. The van der Waals surface area contributed by atoms with Gasteiger partial charge in [-0.2, -0.15) is 0 Å². The molecular formula is C15H30N2. The first-order chi connectivity index (χ1) is 8.09. The Kier molecular flexibility index (Phi) is 4.48. The molecule has 1 saturated carbocycles. The van der Waals surface area contributed by atoms with E-state index in [1.165, 1.54) is 58.2 Å². The highest BCUT2D eigenvalue weighted by Gasteiger charge is 2.31. The van der Waals surface area contributed by atoms with E-state index < -0.39 is 0 Å². The van der Waals surface area contributed by atoms with Gasteiger partial charge in [0.05, 0.1) is 0 Å². The fraction of sp³-hybridized carbons (Fsp3) is 1.00.